The normalized spacial score (nSPS) is 13.0. The third-order valence-corrected chi connectivity index (χ3v) is 8.95. The van der Waals surface area contributed by atoms with E-state index in [1.165, 1.54) is 41.1 Å². The molecule has 0 aliphatic carbocycles. The Balaban J connectivity index is 1.74. The van der Waals surface area contributed by atoms with Crippen LogP contribution in [0.5, 0.6) is 0 Å². The van der Waals surface area contributed by atoms with E-state index in [1.807, 2.05) is 22.7 Å². The minimum absolute atomic E-state index is 0.0644. The Morgan fingerprint density at radius 1 is 0.857 bits per heavy atom. The van der Waals surface area contributed by atoms with E-state index in [9.17, 15) is 0 Å². The maximum Gasteiger partial charge on any atom is 0.0495 e. The lowest BCUT2D eigenvalue weighted by Gasteiger charge is -2.25. The molecule has 0 bridgehead atoms. The number of halogens is 1. The van der Waals surface area contributed by atoms with Gasteiger partial charge in [-0.25, -0.2) is 0 Å². The fourth-order valence-electron chi connectivity index (χ4n) is 4.03. The molecule has 4 rings (SSSR count). The van der Waals surface area contributed by atoms with E-state index < -0.39 is 0 Å². The summed E-state index contributed by atoms with van der Waals surface area (Å²) in [7, 11) is 0. The summed E-state index contributed by atoms with van der Waals surface area (Å²) < 4.78 is 2.68. The summed E-state index contributed by atoms with van der Waals surface area (Å²) in [6.07, 6.45) is 0.985. The van der Waals surface area contributed by atoms with Crippen LogP contribution in [-0.4, -0.2) is 0 Å². The highest BCUT2D eigenvalue weighted by atomic mass is 35.5. The summed E-state index contributed by atoms with van der Waals surface area (Å²) in [6.45, 7) is 13.8. The number of hydrogen-bond donors (Lipinski definition) is 0. The zero-order valence-electron chi connectivity index (χ0n) is 17.4. The van der Waals surface area contributed by atoms with Crippen molar-refractivity contribution in [3.63, 3.8) is 0 Å². The fraction of sp³-hybridized carbons (Fsp3) is 0.360. The summed E-state index contributed by atoms with van der Waals surface area (Å²) in [5.41, 5.74) is 2.96. The molecule has 0 fully saturated rings. The van der Waals surface area contributed by atoms with E-state index in [0.29, 0.717) is 0 Å². The minimum Gasteiger partial charge on any atom is -0.140 e. The standard InChI is InChI=1S/C25H27ClS2/c1-15-17-9-7-8-10-20(17)28-23(15)25(5,6)14-16-11-19(26)18-13-22(24(2,3)4)27-21(18)12-16/h7-13H,14H2,1-6H3. The first-order valence-corrected chi connectivity index (χ1v) is 11.8. The van der Waals surface area contributed by atoms with Crippen molar-refractivity contribution in [1.82, 2.24) is 0 Å². The molecule has 0 saturated heterocycles. The van der Waals surface area contributed by atoms with E-state index in [-0.39, 0.29) is 10.8 Å². The topological polar surface area (TPSA) is 0 Å². The van der Waals surface area contributed by atoms with Gasteiger partial charge in [0.2, 0.25) is 0 Å². The Labute approximate surface area is 181 Å². The van der Waals surface area contributed by atoms with Gasteiger partial charge in [0.05, 0.1) is 0 Å². The smallest absolute Gasteiger partial charge is 0.0495 e. The number of thiophene rings is 2. The lowest BCUT2D eigenvalue weighted by molar-refractivity contribution is 0.531. The van der Waals surface area contributed by atoms with Gasteiger partial charge in [0, 0.05) is 35.0 Å². The molecule has 0 nitrogen and oxygen atoms in total. The van der Waals surface area contributed by atoms with Gasteiger partial charge in [-0.15, -0.1) is 22.7 Å². The molecule has 0 aliphatic heterocycles. The molecular formula is C25H27ClS2. The van der Waals surface area contributed by atoms with E-state index in [1.54, 1.807) is 0 Å². The van der Waals surface area contributed by atoms with Crippen molar-refractivity contribution in [2.75, 3.05) is 0 Å². The monoisotopic (exact) mass is 426 g/mol. The minimum atomic E-state index is 0.0644. The molecule has 4 aromatic rings. The maximum atomic E-state index is 6.71. The Morgan fingerprint density at radius 3 is 2.25 bits per heavy atom. The predicted molar refractivity (Wildman–Crippen MR) is 129 cm³/mol. The third-order valence-electron chi connectivity index (χ3n) is 5.49. The van der Waals surface area contributed by atoms with Gasteiger partial charge in [-0.1, -0.05) is 64.4 Å². The Kier molecular flexibility index (Phi) is 4.89. The van der Waals surface area contributed by atoms with Gasteiger partial charge in [0.25, 0.3) is 0 Å². The summed E-state index contributed by atoms with van der Waals surface area (Å²) in [5, 5.41) is 3.46. The number of rotatable bonds is 3. The average Bonchev–Trinajstić information content (AvgIpc) is 3.17. The van der Waals surface area contributed by atoms with Gasteiger partial charge < -0.3 is 0 Å². The van der Waals surface area contributed by atoms with Gasteiger partial charge in [0.15, 0.2) is 0 Å². The van der Waals surface area contributed by atoms with Crippen LogP contribution in [0.1, 0.15) is 55.5 Å². The summed E-state index contributed by atoms with van der Waals surface area (Å²) in [4.78, 5) is 2.87. The molecule has 0 radical (unpaired) electrons. The van der Waals surface area contributed by atoms with E-state index in [4.69, 9.17) is 11.6 Å². The second kappa shape index (κ2) is 6.86. The van der Waals surface area contributed by atoms with Crippen LogP contribution in [0, 0.1) is 6.92 Å². The number of benzene rings is 2. The molecule has 0 saturated carbocycles. The van der Waals surface area contributed by atoms with E-state index >= 15 is 0 Å². The number of fused-ring (bicyclic) bond motifs is 2. The molecular weight excluding hydrogens is 400 g/mol. The first-order valence-electron chi connectivity index (χ1n) is 9.77. The summed E-state index contributed by atoms with van der Waals surface area (Å²) >= 11 is 10.5. The summed E-state index contributed by atoms with van der Waals surface area (Å²) in [6, 6.07) is 15.5. The van der Waals surface area contributed by atoms with Crippen LogP contribution in [0.3, 0.4) is 0 Å². The van der Waals surface area contributed by atoms with Gasteiger partial charge >= 0.3 is 0 Å². The van der Waals surface area contributed by atoms with Crippen LogP contribution in [-0.2, 0) is 17.3 Å². The van der Waals surface area contributed by atoms with Crippen LogP contribution in [0.4, 0.5) is 0 Å². The van der Waals surface area contributed by atoms with Crippen LogP contribution in [0.25, 0.3) is 20.2 Å². The van der Waals surface area contributed by atoms with Gasteiger partial charge in [-0.2, -0.15) is 0 Å². The lowest BCUT2D eigenvalue weighted by Crippen LogP contribution is -2.20. The Bertz CT molecular complexity index is 1170. The first-order chi connectivity index (χ1) is 13.1. The third kappa shape index (κ3) is 3.51. The van der Waals surface area contributed by atoms with Crippen LogP contribution >= 0.6 is 34.3 Å². The highest BCUT2D eigenvalue weighted by Crippen LogP contribution is 2.42. The molecule has 28 heavy (non-hydrogen) atoms. The fourth-order valence-corrected chi connectivity index (χ4v) is 6.90. The van der Waals surface area contributed by atoms with Crippen LogP contribution < -0.4 is 0 Å². The van der Waals surface area contributed by atoms with Crippen molar-refractivity contribution in [3.05, 3.63) is 68.4 Å². The SMILES string of the molecule is Cc1c(C(C)(C)Cc2cc(Cl)c3cc(C(C)(C)C)sc3c2)sc2ccccc12. The van der Waals surface area contributed by atoms with E-state index in [2.05, 4.69) is 84.0 Å². The lowest BCUT2D eigenvalue weighted by atomic mass is 9.82. The van der Waals surface area contributed by atoms with Crippen molar-refractivity contribution >= 4 is 54.4 Å². The first kappa shape index (κ1) is 19.9. The van der Waals surface area contributed by atoms with Crippen molar-refractivity contribution in [3.8, 4) is 0 Å². The summed E-state index contributed by atoms with van der Waals surface area (Å²) in [5.74, 6) is 0. The van der Waals surface area contributed by atoms with Crippen molar-refractivity contribution in [2.45, 2.75) is 58.8 Å². The Hall–Kier alpha value is -1.35. The van der Waals surface area contributed by atoms with Gasteiger partial charge in [0.1, 0.15) is 0 Å². The highest BCUT2D eigenvalue weighted by molar-refractivity contribution is 7.19. The molecule has 0 spiro atoms. The molecule has 0 atom stereocenters. The van der Waals surface area contributed by atoms with Crippen LogP contribution in [0.15, 0.2) is 42.5 Å². The average molecular weight is 427 g/mol. The molecule has 0 N–H and O–H groups in total. The molecule has 2 heterocycles. The largest absolute Gasteiger partial charge is 0.140 e. The molecule has 146 valence electrons. The number of aryl methyl sites for hydroxylation is 1. The molecule has 3 heteroatoms. The Morgan fingerprint density at radius 2 is 1.57 bits per heavy atom. The second-order valence-electron chi connectivity index (χ2n) is 9.46. The van der Waals surface area contributed by atoms with E-state index in [0.717, 1.165) is 11.4 Å². The maximum absolute atomic E-state index is 6.71. The van der Waals surface area contributed by atoms with Crippen molar-refractivity contribution in [2.24, 2.45) is 0 Å². The number of hydrogen-bond acceptors (Lipinski definition) is 2. The molecule has 2 aromatic carbocycles. The van der Waals surface area contributed by atoms with Gasteiger partial charge in [-0.05, 0) is 59.5 Å². The predicted octanol–water partition coefficient (Wildman–Crippen LogP) is 8.90. The van der Waals surface area contributed by atoms with Crippen molar-refractivity contribution in [1.29, 1.82) is 0 Å². The van der Waals surface area contributed by atoms with Gasteiger partial charge in [-0.3, -0.25) is 0 Å². The van der Waals surface area contributed by atoms with Crippen LogP contribution in [0.2, 0.25) is 5.02 Å². The molecule has 0 aliphatic rings. The van der Waals surface area contributed by atoms with Crippen molar-refractivity contribution < 1.29 is 0 Å². The highest BCUT2D eigenvalue weighted by Gasteiger charge is 2.27. The zero-order chi connectivity index (χ0) is 20.3. The zero-order valence-corrected chi connectivity index (χ0v) is 19.8. The second-order valence-corrected chi connectivity index (χ2v) is 12.0. The molecule has 0 amide bonds. The quantitative estimate of drug-likeness (QED) is 0.306. The molecule has 2 aromatic heterocycles. The molecule has 0 unspecified atom stereocenters.